The molecule has 0 saturated carbocycles. The highest BCUT2D eigenvalue weighted by Crippen LogP contribution is 2.31. The summed E-state index contributed by atoms with van der Waals surface area (Å²) >= 11 is 3.31. The molecule has 0 aliphatic carbocycles. The van der Waals surface area contributed by atoms with Crippen LogP contribution in [0.25, 0.3) is 0 Å². The zero-order chi connectivity index (χ0) is 14.4. The van der Waals surface area contributed by atoms with Crippen LogP contribution < -0.4 is 5.32 Å². The van der Waals surface area contributed by atoms with Crippen molar-refractivity contribution in [1.29, 1.82) is 0 Å². The SMILES string of the molecule is CCCCC[C@H](c1cccc(Br)c1F)N1CCNCC1.Cl. The van der Waals surface area contributed by atoms with Crippen molar-refractivity contribution in [1.82, 2.24) is 10.2 Å². The van der Waals surface area contributed by atoms with Gasteiger partial charge in [0.2, 0.25) is 0 Å². The van der Waals surface area contributed by atoms with Gasteiger partial charge in [-0.05, 0) is 28.4 Å². The van der Waals surface area contributed by atoms with E-state index in [1.165, 1.54) is 12.8 Å². The molecule has 1 aromatic carbocycles. The van der Waals surface area contributed by atoms with E-state index in [1.807, 2.05) is 12.1 Å². The standard InChI is InChI=1S/C16H24BrFN2.ClH/c1-2-3-4-8-15(20-11-9-19-10-12-20)13-6-5-7-14(17)16(13)18;/h5-7,15,19H,2-4,8-12H2,1H3;1H/t15-;/m1./s1. The molecule has 21 heavy (non-hydrogen) atoms. The second-order valence-corrected chi connectivity index (χ2v) is 6.29. The van der Waals surface area contributed by atoms with E-state index >= 15 is 0 Å². The first-order valence-corrected chi connectivity index (χ1v) is 8.42. The Labute approximate surface area is 142 Å². The average molecular weight is 380 g/mol. The molecule has 0 spiro atoms. The van der Waals surface area contributed by atoms with Crippen molar-refractivity contribution in [3.8, 4) is 0 Å². The number of nitrogens with zero attached hydrogens (tertiary/aromatic N) is 1. The molecule has 2 rings (SSSR count). The molecule has 1 atom stereocenters. The Kier molecular flexibility index (Phi) is 8.79. The van der Waals surface area contributed by atoms with Gasteiger partial charge in [-0.2, -0.15) is 0 Å². The topological polar surface area (TPSA) is 15.3 Å². The van der Waals surface area contributed by atoms with Crippen molar-refractivity contribution in [3.05, 3.63) is 34.1 Å². The van der Waals surface area contributed by atoms with Crippen LogP contribution in [0.5, 0.6) is 0 Å². The number of hydrogen-bond acceptors (Lipinski definition) is 2. The lowest BCUT2D eigenvalue weighted by atomic mass is 9.97. The molecule has 1 saturated heterocycles. The molecule has 1 heterocycles. The van der Waals surface area contributed by atoms with Gasteiger partial charge in [0.05, 0.1) is 4.47 Å². The highest BCUT2D eigenvalue weighted by Gasteiger charge is 2.24. The van der Waals surface area contributed by atoms with Crippen LogP contribution in [-0.4, -0.2) is 31.1 Å². The van der Waals surface area contributed by atoms with Gasteiger partial charge >= 0.3 is 0 Å². The number of piperazine rings is 1. The zero-order valence-corrected chi connectivity index (χ0v) is 15.0. The molecule has 1 aliphatic heterocycles. The van der Waals surface area contributed by atoms with Crippen LogP contribution in [0.3, 0.4) is 0 Å². The smallest absolute Gasteiger partial charge is 0.142 e. The minimum absolute atomic E-state index is 0. The summed E-state index contributed by atoms with van der Waals surface area (Å²) in [5, 5.41) is 3.37. The third-order valence-electron chi connectivity index (χ3n) is 4.01. The van der Waals surface area contributed by atoms with E-state index in [0.717, 1.165) is 44.6 Å². The van der Waals surface area contributed by atoms with E-state index in [2.05, 4.69) is 33.1 Å². The molecule has 0 unspecified atom stereocenters. The Hall–Kier alpha value is -0.160. The van der Waals surface area contributed by atoms with Gasteiger partial charge in [-0.1, -0.05) is 38.3 Å². The number of hydrogen-bond donors (Lipinski definition) is 1. The lowest BCUT2D eigenvalue weighted by Crippen LogP contribution is -2.45. The van der Waals surface area contributed by atoms with Crippen molar-refractivity contribution in [2.24, 2.45) is 0 Å². The number of halogens is 3. The molecule has 0 aromatic heterocycles. The van der Waals surface area contributed by atoms with Gasteiger partial charge in [-0.25, -0.2) is 4.39 Å². The second-order valence-electron chi connectivity index (χ2n) is 5.44. The summed E-state index contributed by atoms with van der Waals surface area (Å²) in [7, 11) is 0. The maximum absolute atomic E-state index is 14.4. The molecule has 1 aliphatic rings. The summed E-state index contributed by atoms with van der Waals surface area (Å²) in [6.45, 7) is 6.21. The molecule has 0 amide bonds. The van der Waals surface area contributed by atoms with E-state index < -0.39 is 0 Å². The minimum Gasteiger partial charge on any atom is -0.314 e. The van der Waals surface area contributed by atoms with Crippen LogP contribution >= 0.6 is 28.3 Å². The highest BCUT2D eigenvalue weighted by atomic mass is 79.9. The van der Waals surface area contributed by atoms with Crippen LogP contribution in [0.15, 0.2) is 22.7 Å². The lowest BCUT2D eigenvalue weighted by Gasteiger charge is -2.35. The van der Waals surface area contributed by atoms with Gasteiger partial charge in [0.1, 0.15) is 5.82 Å². The van der Waals surface area contributed by atoms with Gasteiger partial charge in [0.15, 0.2) is 0 Å². The quantitative estimate of drug-likeness (QED) is 0.730. The highest BCUT2D eigenvalue weighted by molar-refractivity contribution is 9.10. The molecule has 1 N–H and O–H groups in total. The molecule has 0 bridgehead atoms. The summed E-state index contributed by atoms with van der Waals surface area (Å²) in [6.07, 6.45) is 4.63. The number of rotatable bonds is 6. The van der Waals surface area contributed by atoms with Crippen molar-refractivity contribution in [2.75, 3.05) is 26.2 Å². The third-order valence-corrected chi connectivity index (χ3v) is 4.63. The minimum atomic E-state index is -0.0902. The number of nitrogens with one attached hydrogen (secondary N) is 1. The van der Waals surface area contributed by atoms with Crippen molar-refractivity contribution in [3.63, 3.8) is 0 Å². The predicted octanol–water partition coefficient (Wildman–Crippen LogP) is 4.54. The van der Waals surface area contributed by atoms with E-state index in [9.17, 15) is 4.39 Å². The molecular formula is C16H25BrClFN2. The monoisotopic (exact) mass is 378 g/mol. The molecule has 120 valence electrons. The molecule has 1 fully saturated rings. The zero-order valence-electron chi connectivity index (χ0n) is 12.6. The molecule has 0 radical (unpaired) electrons. The van der Waals surface area contributed by atoms with E-state index in [4.69, 9.17) is 0 Å². The maximum Gasteiger partial charge on any atom is 0.142 e. The molecule has 5 heteroatoms. The summed E-state index contributed by atoms with van der Waals surface area (Å²) in [4.78, 5) is 2.43. The Morgan fingerprint density at radius 2 is 2.00 bits per heavy atom. The van der Waals surface area contributed by atoms with Crippen LogP contribution in [0.2, 0.25) is 0 Å². The van der Waals surface area contributed by atoms with Crippen LogP contribution in [0, 0.1) is 5.82 Å². The van der Waals surface area contributed by atoms with Crippen molar-refractivity contribution in [2.45, 2.75) is 38.6 Å². The van der Waals surface area contributed by atoms with E-state index in [-0.39, 0.29) is 24.3 Å². The van der Waals surface area contributed by atoms with Crippen LogP contribution in [0.1, 0.15) is 44.2 Å². The van der Waals surface area contributed by atoms with Crippen molar-refractivity contribution < 1.29 is 4.39 Å². The van der Waals surface area contributed by atoms with E-state index in [0.29, 0.717) is 4.47 Å². The van der Waals surface area contributed by atoms with E-state index in [1.54, 1.807) is 6.07 Å². The fraction of sp³-hybridized carbons (Fsp3) is 0.625. The molecule has 2 nitrogen and oxygen atoms in total. The average Bonchev–Trinajstić information content (AvgIpc) is 2.48. The Balaban J connectivity index is 0.00000220. The first-order chi connectivity index (χ1) is 9.74. The summed E-state index contributed by atoms with van der Waals surface area (Å²) in [5.74, 6) is -0.0902. The first-order valence-electron chi connectivity index (χ1n) is 7.62. The van der Waals surface area contributed by atoms with Gasteiger partial charge in [0, 0.05) is 37.8 Å². The number of unbranched alkanes of at least 4 members (excludes halogenated alkanes) is 2. The van der Waals surface area contributed by atoms with Crippen LogP contribution in [-0.2, 0) is 0 Å². The Bertz CT molecular complexity index is 425. The van der Waals surface area contributed by atoms with Gasteiger partial charge in [-0.15, -0.1) is 12.4 Å². The Morgan fingerprint density at radius 3 is 2.67 bits per heavy atom. The fourth-order valence-electron chi connectivity index (χ4n) is 2.89. The summed E-state index contributed by atoms with van der Waals surface area (Å²) in [5.41, 5.74) is 0.845. The largest absolute Gasteiger partial charge is 0.314 e. The lowest BCUT2D eigenvalue weighted by molar-refractivity contribution is 0.159. The summed E-state index contributed by atoms with van der Waals surface area (Å²) in [6, 6.07) is 5.87. The van der Waals surface area contributed by atoms with Crippen molar-refractivity contribution >= 4 is 28.3 Å². The fourth-order valence-corrected chi connectivity index (χ4v) is 3.28. The van der Waals surface area contributed by atoms with Gasteiger partial charge in [-0.3, -0.25) is 4.90 Å². The van der Waals surface area contributed by atoms with Crippen LogP contribution in [0.4, 0.5) is 4.39 Å². The second kappa shape index (κ2) is 9.78. The Morgan fingerprint density at radius 1 is 1.29 bits per heavy atom. The summed E-state index contributed by atoms with van der Waals surface area (Å²) < 4.78 is 15.0. The predicted molar refractivity (Wildman–Crippen MR) is 92.7 cm³/mol. The first kappa shape index (κ1) is 18.9. The number of benzene rings is 1. The van der Waals surface area contributed by atoms with Gasteiger partial charge in [0.25, 0.3) is 0 Å². The normalized spacial score (nSPS) is 17.3. The van der Waals surface area contributed by atoms with Gasteiger partial charge < -0.3 is 5.32 Å². The molecular weight excluding hydrogens is 355 g/mol. The maximum atomic E-state index is 14.4. The molecule has 1 aromatic rings. The third kappa shape index (κ3) is 5.20.